The molecule has 158 valence electrons. The van der Waals surface area contributed by atoms with Crippen LogP contribution in [0.3, 0.4) is 0 Å². The van der Waals surface area contributed by atoms with Crippen molar-refractivity contribution in [1.82, 2.24) is 4.57 Å². The lowest BCUT2D eigenvalue weighted by Crippen LogP contribution is -2.25. The summed E-state index contributed by atoms with van der Waals surface area (Å²) in [4.78, 5) is 28.6. The van der Waals surface area contributed by atoms with E-state index in [1.807, 2.05) is 0 Å². The minimum absolute atomic E-state index is 0.0339. The second-order valence-electron chi connectivity index (χ2n) is 6.33. The quantitative estimate of drug-likeness (QED) is 0.356. The number of methoxy groups -OCH3 is 1. The molecule has 1 amide bonds. The first-order chi connectivity index (χ1) is 13.4. The zero-order valence-electron chi connectivity index (χ0n) is 15.8. The number of hydrogen-bond acceptors (Lipinski definition) is 5. The van der Waals surface area contributed by atoms with Gasteiger partial charge in [-0.2, -0.15) is 13.4 Å². The van der Waals surface area contributed by atoms with Crippen molar-refractivity contribution in [3.8, 4) is 5.75 Å². The lowest BCUT2D eigenvalue weighted by atomic mass is 10.00. The number of halogens is 1. The van der Waals surface area contributed by atoms with E-state index in [0.29, 0.717) is 52.2 Å². The van der Waals surface area contributed by atoms with Gasteiger partial charge >= 0.3 is 0 Å². The number of hydrogen-bond donors (Lipinski definition) is 3. The third-order valence-corrected chi connectivity index (χ3v) is 4.39. The summed E-state index contributed by atoms with van der Waals surface area (Å²) in [7, 11) is -2.18. The number of ketones is 1. The molecule has 0 aliphatic carbocycles. The SMILES string of the molecule is COc1cc(Cl)c2cc(C(=O)N=C(N)N)n3c2c1C(=O)CCCC3.CS(=O)(=O)O. The highest BCUT2D eigenvalue weighted by Gasteiger charge is 2.26. The molecule has 0 spiro atoms. The van der Waals surface area contributed by atoms with Gasteiger partial charge in [0.1, 0.15) is 11.4 Å². The van der Waals surface area contributed by atoms with Gasteiger partial charge in [-0.15, -0.1) is 0 Å². The lowest BCUT2D eigenvalue weighted by molar-refractivity contribution is 0.0967. The van der Waals surface area contributed by atoms with Crippen LogP contribution in [0.15, 0.2) is 17.1 Å². The molecule has 1 aromatic heterocycles. The summed E-state index contributed by atoms with van der Waals surface area (Å²) >= 11 is 6.33. The fourth-order valence-electron chi connectivity index (χ4n) is 3.08. The van der Waals surface area contributed by atoms with Crippen LogP contribution in [0.25, 0.3) is 10.9 Å². The minimum atomic E-state index is -3.67. The molecule has 0 bridgehead atoms. The molecular weight excluding hydrogens is 424 g/mol. The summed E-state index contributed by atoms with van der Waals surface area (Å²) in [6.45, 7) is 0.564. The topological polar surface area (TPSA) is 167 Å². The van der Waals surface area contributed by atoms with Crippen molar-refractivity contribution in [1.29, 1.82) is 0 Å². The summed E-state index contributed by atoms with van der Waals surface area (Å²) in [6, 6.07) is 3.21. The van der Waals surface area contributed by atoms with Gasteiger partial charge in [0.15, 0.2) is 11.7 Å². The molecule has 0 unspecified atom stereocenters. The number of benzene rings is 1. The Bertz CT molecular complexity index is 1100. The van der Waals surface area contributed by atoms with Crippen LogP contribution in [0.4, 0.5) is 0 Å². The Balaban J connectivity index is 0.000000537. The Labute approximate surface area is 172 Å². The van der Waals surface area contributed by atoms with Gasteiger partial charge in [0.2, 0.25) is 0 Å². The van der Waals surface area contributed by atoms with Crippen LogP contribution in [0.2, 0.25) is 5.02 Å². The molecule has 12 heteroatoms. The average molecular weight is 445 g/mol. The molecule has 0 saturated carbocycles. The number of ether oxygens (including phenoxy) is 1. The Kier molecular flexibility index (Phi) is 6.88. The van der Waals surface area contributed by atoms with E-state index in [9.17, 15) is 18.0 Å². The largest absolute Gasteiger partial charge is 0.496 e. The van der Waals surface area contributed by atoms with Crippen molar-refractivity contribution in [2.75, 3.05) is 13.4 Å². The molecule has 0 radical (unpaired) electrons. The number of rotatable bonds is 2. The van der Waals surface area contributed by atoms with Crippen LogP contribution >= 0.6 is 11.6 Å². The van der Waals surface area contributed by atoms with Crippen LogP contribution in [-0.4, -0.2) is 48.6 Å². The molecule has 10 nitrogen and oxygen atoms in total. The number of guanidine groups is 1. The van der Waals surface area contributed by atoms with Gasteiger partial charge in [0.25, 0.3) is 16.0 Å². The summed E-state index contributed by atoms with van der Waals surface area (Å²) in [5, 5.41) is 1.01. The van der Waals surface area contributed by atoms with Crippen LogP contribution in [-0.2, 0) is 16.7 Å². The highest BCUT2D eigenvalue weighted by molar-refractivity contribution is 7.85. The predicted octanol–water partition coefficient (Wildman–Crippen LogP) is 1.59. The lowest BCUT2D eigenvalue weighted by Gasteiger charge is -2.17. The maximum Gasteiger partial charge on any atom is 0.296 e. The van der Waals surface area contributed by atoms with Gasteiger partial charge in [0, 0.05) is 24.4 Å². The van der Waals surface area contributed by atoms with E-state index in [1.54, 1.807) is 16.7 Å². The third-order valence-electron chi connectivity index (χ3n) is 4.08. The summed E-state index contributed by atoms with van der Waals surface area (Å²) in [6.07, 6.45) is 2.62. The van der Waals surface area contributed by atoms with Crippen molar-refractivity contribution in [3.63, 3.8) is 0 Å². The summed E-state index contributed by atoms with van der Waals surface area (Å²) < 4.78 is 33.0. The number of carbonyl (C=O) groups is 2. The van der Waals surface area contributed by atoms with E-state index < -0.39 is 16.0 Å². The van der Waals surface area contributed by atoms with Gasteiger partial charge in [-0.25, -0.2) is 0 Å². The Morgan fingerprint density at radius 2 is 1.93 bits per heavy atom. The average Bonchev–Trinajstić information content (AvgIpc) is 2.94. The Morgan fingerprint density at radius 1 is 1.31 bits per heavy atom. The highest BCUT2D eigenvalue weighted by Crippen LogP contribution is 2.38. The smallest absolute Gasteiger partial charge is 0.296 e. The van der Waals surface area contributed by atoms with Crippen LogP contribution < -0.4 is 16.2 Å². The van der Waals surface area contributed by atoms with Gasteiger partial charge in [0.05, 0.1) is 29.5 Å². The standard InChI is InChI=1S/C16H17ClN4O3.CH4O3S/c1-24-12-7-9(17)8-6-10(15(23)20-16(18)19)21-5-3-2-4-11(22)13(12)14(8)21;1-5(2,3)4/h6-7H,2-5H2,1H3,(H4,18,19,20,23);1H3,(H,2,3,4). The number of carbonyl (C=O) groups excluding carboxylic acids is 2. The number of aromatic nitrogens is 1. The number of nitrogens with zero attached hydrogens (tertiary/aromatic N) is 2. The Morgan fingerprint density at radius 3 is 2.48 bits per heavy atom. The normalized spacial score (nSPS) is 13.7. The number of aryl methyl sites for hydroxylation is 1. The predicted molar refractivity (Wildman–Crippen MR) is 109 cm³/mol. The maximum atomic E-state index is 12.6. The van der Waals surface area contributed by atoms with E-state index in [2.05, 4.69) is 4.99 Å². The van der Waals surface area contributed by atoms with Crippen molar-refractivity contribution in [3.05, 3.63) is 28.4 Å². The van der Waals surface area contributed by atoms with Crippen molar-refractivity contribution in [2.45, 2.75) is 25.8 Å². The monoisotopic (exact) mass is 444 g/mol. The zero-order valence-corrected chi connectivity index (χ0v) is 17.4. The van der Waals surface area contributed by atoms with Crippen LogP contribution in [0.1, 0.15) is 40.1 Å². The zero-order chi connectivity index (χ0) is 21.9. The summed E-state index contributed by atoms with van der Waals surface area (Å²) in [5.41, 5.74) is 12.0. The van der Waals surface area contributed by atoms with Crippen molar-refractivity contribution in [2.24, 2.45) is 16.5 Å². The highest BCUT2D eigenvalue weighted by atomic mass is 35.5. The number of amides is 1. The minimum Gasteiger partial charge on any atom is -0.496 e. The third kappa shape index (κ3) is 5.46. The number of aliphatic imine (C=N–C) groups is 1. The molecule has 0 saturated heterocycles. The molecule has 5 N–H and O–H groups in total. The van der Waals surface area contributed by atoms with Crippen molar-refractivity contribution >= 4 is 50.3 Å². The maximum absolute atomic E-state index is 12.6. The molecule has 2 aromatic rings. The molecule has 1 aromatic carbocycles. The number of Topliss-reactive ketones (excluding diaryl/α,β-unsaturated/α-hetero) is 1. The van der Waals surface area contributed by atoms with Gasteiger partial charge in [-0.05, 0) is 18.9 Å². The Hall–Kier alpha value is -2.63. The fourth-order valence-corrected chi connectivity index (χ4v) is 3.32. The molecule has 0 fully saturated rings. The second-order valence-corrected chi connectivity index (χ2v) is 8.21. The molecular formula is C17H21ClN4O6S. The molecule has 2 heterocycles. The van der Waals surface area contributed by atoms with E-state index >= 15 is 0 Å². The van der Waals surface area contributed by atoms with E-state index in [-0.39, 0.29) is 11.7 Å². The first-order valence-electron chi connectivity index (χ1n) is 8.43. The van der Waals surface area contributed by atoms with Crippen LogP contribution in [0, 0.1) is 0 Å². The first kappa shape index (κ1) is 22.7. The summed E-state index contributed by atoms with van der Waals surface area (Å²) in [5.74, 6) is -0.517. The van der Waals surface area contributed by atoms with Gasteiger partial charge in [-0.1, -0.05) is 11.6 Å². The van der Waals surface area contributed by atoms with E-state index in [0.717, 1.165) is 12.8 Å². The first-order valence-corrected chi connectivity index (χ1v) is 10.7. The molecule has 1 aliphatic heterocycles. The molecule has 1 aliphatic rings. The van der Waals surface area contributed by atoms with Crippen LogP contribution in [0.5, 0.6) is 5.75 Å². The second kappa shape index (κ2) is 8.80. The van der Waals surface area contributed by atoms with Gasteiger partial charge < -0.3 is 20.8 Å². The number of nitrogens with two attached hydrogens (primary N) is 2. The van der Waals surface area contributed by atoms with E-state index in [4.69, 9.17) is 32.4 Å². The molecule has 29 heavy (non-hydrogen) atoms. The van der Waals surface area contributed by atoms with Gasteiger partial charge in [-0.3, -0.25) is 14.1 Å². The molecule has 0 atom stereocenters. The fraction of sp³-hybridized carbons (Fsp3) is 0.353. The van der Waals surface area contributed by atoms with Crippen molar-refractivity contribution < 1.29 is 27.3 Å². The van der Waals surface area contributed by atoms with E-state index in [1.165, 1.54) is 7.11 Å². The molecule has 3 rings (SSSR count).